The van der Waals surface area contributed by atoms with Gasteiger partial charge in [-0.1, -0.05) is 11.8 Å². The molecule has 1 atom stereocenters. The lowest BCUT2D eigenvalue weighted by Gasteiger charge is -2.12. The molecule has 14 heavy (non-hydrogen) atoms. The summed E-state index contributed by atoms with van der Waals surface area (Å²) < 4.78 is 0. The van der Waals surface area contributed by atoms with Gasteiger partial charge in [-0.2, -0.15) is 0 Å². The Labute approximate surface area is 88.3 Å². The molecule has 0 aliphatic heterocycles. The fourth-order valence-electron chi connectivity index (χ4n) is 1.50. The maximum atomic E-state index is 4.27. The second kappa shape index (κ2) is 4.31. The summed E-state index contributed by atoms with van der Waals surface area (Å²) in [6.07, 6.45) is 2.75. The van der Waals surface area contributed by atoms with Gasteiger partial charge in [0.05, 0.1) is 0 Å². The summed E-state index contributed by atoms with van der Waals surface area (Å²) in [7, 11) is 2.03. The van der Waals surface area contributed by atoms with Crippen LogP contribution in [0, 0.1) is 12.8 Å². The Hall–Kier alpha value is -0.550. The molecule has 2 N–H and O–H groups in total. The van der Waals surface area contributed by atoms with Crippen LogP contribution in [0.15, 0.2) is 5.16 Å². The van der Waals surface area contributed by atoms with E-state index in [1.54, 1.807) is 11.8 Å². The molecule has 1 fully saturated rings. The van der Waals surface area contributed by atoms with Crippen LogP contribution in [0.5, 0.6) is 0 Å². The molecule has 4 nitrogen and oxygen atoms in total. The van der Waals surface area contributed by atoms with Gasteiger partial charge in [-0.15, -0.1) is 5.10 Å². The van der Waals surface area contributed by atoms with Gasteiger partial charge in [-0.3, -0.25) is 5.10 Å². The summed E-state index contributed by atoms with van der Waals surface area (Å²) in [5.41, 5.74) is 0. The Kier molecular flexibility index (Phi) is 3.08. The van der Waals surface area contributed by atoms with Gasteiger partial charge in [0.15, 0.2) is 0 Å². The molecule has 0 radical (unpaired) electrons. The van der Waals surface area contributed by atoms with Gasteiger partial charge in [-0.05, 0) is 32.7 Å². The van der Waals surface area contributed by atoms with Crippen molar-refractivity contribution in [3.05, 3.63) is 5.82 Å². The molecule has 1 heterocycles. The maximum absolute atomic E-state index is 4.27. The minimum absolute atomic E-state index is 0.624. The van der Waals surface area contributed by atoms with E-state index >= 15 is 0 Å². The van der Waals surface area contributed by atoms with Crippen LogP contribution in [0.4, 0.5) is 0 Å². The molecule has 5 heteroatoms. The molecule has 0 amide bonds. The zero-order chi connectivity index (χ0) is 9.97. The smallest absolute Gasteiger partial charge is 0.208 e. The number of rotatable bonds is 5. The predicted octanol–water partition coefficient (Wildman–Crippen LogP) is 1.20. The number of H-pyrrole nitrogens is 1. The SMILES string of the molecule is CNC(CSc1n[nH]c(C)n1)C1CC1. The molecule has 0 aromatic carbocycles. The highest BCUT2D eigenvalue weighted by Gasteiger charge is 2.30. The Morgan fingerprint density at radius 2 is 2.43 bits per heavy atom. The van der Waals surface area contributed by atoms with Crippen LogP contribution in [-0.2, 0) is 0 Å². The molecule has 1 aliphatic carbocycles. The minimum atomic E-state index is 0.624. The fraction of sp³-hybridized carbons (Fsp3) is 0.778. The molecule has 1 unspecified atom stereocenters. The van der Waals surface area contributed by atoms with Gasteiger partial charge in [-0.25, -0.2) is 4.98 Å². The topological polar surface area (TPSA) is 53.6 Å². The van der Waals surface area contributed by atoms with Crippen LogP contribution in [0.1, 0.15) is 18.7 Å². The second-order valence-corrected chi connectivity index (χ2v) is 4.73. The number of aryl methyl sites for hydroxylation is 1. The van der Waals surface area contributed by atoms with E-state index in [9.17, 15) is 0 Å². The van der Waals surface area contributed by atoms with Crippen molar-refractivity contribution in [3.63, 3.8) is 0 Å². The largest absolute Gasteiger partial charge is 0.316 e. The van der Waals surface area contributed by atoms with E-state index in [0.717, 1.165) is 22.7 Å². The first-order chi connectivity index (χ1) is 6.79. The normalized spacial score (nSPS) is 18.4. The van der Waals surface area contributed by atoms with Crippen molar-refractivity contribution in [2.45, 2.75) is 31.0 Å². The van der Waals surface area contributed by atoms with Gasteiger partial charge in [0, 0.05) is 11.8 Å². The van der Waals surface area contributed by atoms with E-state index in [2.05, 4.69) is 20.5 Å². The lowest BCUT2D eigenvalue weighted by Crippen LogP contribution is -2.29. The molecule has 0 bridgehead atoms. The number of aromatic nitrogens is 3. The van der Waals surface area contributed by atoms with Gasteiger partial charge >= 0.3 is 0 Å². The highest BCUT2D eigenvalue weighted by atomic mass is 32.2. The van der Waals surface area contributed by atoms with Crippen LogP contribution < -0.4 is 5.32 Å². The molecule has 0 spiro atoms. The van der Waals surface area contributed by atoms with Crippen molar-refractivity contribution < 1.29 is 0 Å². The summed E-state index contributed by atoms with van der Waals surface area (Å²) in [6.45, 7) is 1.92. The number of nitrogens with zero attached hydrogens (tertiary/aromatic N) is 2. The first-order valence-electron chi connectivity index (χ1n) is 4.98. The Balaban J connectivity index is 1.80. The van der Waals surface area contributed by atoms with Crippen LogP contribution >= 0.6 is 11.8 Å². The average molecular weight is 212 g/mol. The molecule has 2 rings (SSSR count). The van der Waals surface area contributed by atoms with E-state index in [-0.39, 0.29) is 0 Å². The summed E-state index contributed by atoms with van der Waals surface area (Å²) in [5, 5.41) is 11.2. The summed E-state index contributed by atoms with van der Waals surface area (Å²) in [6, 6.07) is 0.624. The minimum Gasteiger partial charge on any atom is -0.316 e. The zero-order valence-electron chi connectivity index (χ0n) is 8.58. The number of nitrogens with one attached hydrogen (secondary N) is 2. The Bertz CT molecular complexity index is 295. The predicted molar refractivity (Wildman–Crippen MR) is 57.4 cm³/mol. The standard InChI is InChI=1S/C9H16N4S/c1-6-11-9(13-12-6)14-5-8(10-2)7-3-4-7/h7-8,10H,3-5H2,1-2H3,(H,11,12,13). The third-order valence-electron chi connectivity index (χ3n) is 2.53. The fourth-order valence-corrected chi connectivity index (χ4v) is 2.58. The first-order valence-corrected chi connectivity index (χ1v) is 5.97. The van der Waals surface area contributed by atoms with E-state index < -0.39 is 0 Å². The van der Waals surface area contributed by atoms with Crippen LogP contribution in [-0.4, -0.2) is 34.0 Å². The Morgan fingerprint density at radius 3 is 2.93 bits per heavy atom. The molecule has 1 aliphatic rings. The van der Waals surface area contributed by atoms with Crippen molar-refractivity contribution >= 4 is 11.8 Å². The van der Waals surface area contributed by atoms with Crippen molar-refractivity contribution in [2.24, 2.45) is 5.92 Å². The molecule has 1 aromatic heterocycles. The third-order valence-corrected chi connectivity index (χ3v) is 3.50. The van der Waals surface area contributed by atoms with Crippen molar-refractivity contribution in [3.8, 4) is 0 Å². The number of hydrogen-bond acceptors (Lipinski definition) is 4. The molecule has 1 aromatic rings. The molecular formula is C9H16N4S. The van der Waals surface area contributed by atoms with Crippen LogP contribution in [0.25, 0.3) is 0 Å². The third kappa shape index (κ3) is 2.48. The summed E-state index contributed by atoms with van der Waals surface area (Å²) >= 11 is 1.73. The quantitative estimate of drug-likeness (QED) is 0.720. The Morgan fingerprint density at radius 1 is 1.64 bits per heavy atom. The monoisotopic (exact) mass is 212 g/mol. The summed E-state index contributed by atoms with van der Waals surface area (Å²) in [4.78, 5) is 4.27. The maximum Gasteiger partial charge on any atom is 0.208 e. The van der Waals surface area contributed by atoms with Crippen molar-refractivity contribution in [2.75, 3.05) is 12.8 Å². The van der Waals surface area contributed by atoms with E-state index in [0.29, 0.717) is 6.04 Å². The zero-order valence-corrected chi connectivity index (χ0v) is 9.40. The average Bonchev–Trinajstić information content (AvgIpc) is 2.92. The van der Waals surface area contributed by atoms with E-state index in [1.807, 2.05) is 14.0 Å². The van der Waals surface area contributed by atoms with Crippen LogP contribution in [0.3, 0.4) is 0 Å². The number of hydrogen-bond donors (Lipinski definition) is 2. The van der Waals surface area contributed by atoms with Gasteiger partial charge in [0.1, 0.15) is 5.82 Å². The number of aromatic amines is 1. The highest BCUT2D eigenvalue weighted by Crippen LogP contribution is 2.34. The second-order valence-electron chi connectivity index (χ2n) is 3.75. The van der Waals surface area contributed by atoms with E-state index in [1.165, 1.54) is 12.8 Å². The van der Waals surface area contributed by atoms with Gasteiger partial charge in [0.25, 0.3) is 0 Å². The lowest BCUT2D eigenvalue weighted by molar-refractivity contribution is 0.553. The number of thioether (sulfide) groups is 1. The molecular weight excluding hydrogens is 196 g/mol. The molecule has 1 saturated carbocycles. The van der Waals surface area contributed by atoms with E-state index in [4.69, 9.17) is 0 Å². The molecule has 0 saturated heterocycles. The van der Waals surface area contributed by atoms with Crippen molar-refractivity contribution in [1.29, 1.82) is 0 Å². The molecule has 78 valence electrons. The lowest BCUT2D eigenvalue weighted by atomic mass is 10.2. The highest BCUT2D eigenvalue weighted by molar-refractivity contribution is 7.99. The van der Waals surface area contributed by atoms with Gasteiger partial charge < -0.3 is 5.32 Å². The van der Waals surface area contributed by atoms with Gasteiger partial charge in [0.2, 0.25) is 5.16 Å². The summed E-state index contributed by atoms with van der Waals surface area (Å²) in [5.74, 6) is 2.84. The van der Waals surface area contributed by atoms with Crippen molar-refractivity contribution in [1.82, 2.24) is 20.5 Å². The first kappa shape index (κ1) is 9.98. The van der Waals surface area contributed by atoms with Crippen LogP contribution in [0.2, 0.25) is 0 Å².